The van der Waals surface area contributed by atoms with Crippen LogP contribution in [0.2, 0.25) is 43.8 Å². The third kappa shape index (κ3) is 9.23. The van der Waals surface area contributed by atoms with Crippen molar-refractivity contribution in [2.45, 2.75) is 71.0 Å². The van der Waals surface area contributed by atoms with E-state index in [1.54, 1.807) is 4.90 Å². The highest BCUT2D eigenvalue weighted by Crippen LogP contribution is 2.39. The third-order valence-electron chi connectivity index (χ3n) is 5.24. The average Bonchev–Trinajstić information content (AvgIpc) is 2.61. The Hall–Kier alpha value is -2.20. The number of amides is 1. The molecule has 0 saturated heterocycles. The lowest BCUT2D eigenvalue weighted by molar-refractivity contribution is -0.113. The summed E-state index contributed by atoms with van der Waals surface area (Å²) in [5, 5.41) is 0.383. The molecule has 0 N–H and O–H groups in total. The number of benzene rings is 1. The van der Waals surface area contributed by atoms with Crippen LogP contribution in [0.1, 0.15) is 27.2 Å². The first-order valence-electron chi connectivity index (χ1n) is 10.2. The summed E-state index contributed by atoms with van der Waals surface area (Å²) in [6.07, 6.45) is 0.883. The van der Waals surface area contributed by atoms with Crippen molar-refractivity contribution in [3.05, 3.63) is 30.3 Å². The minimum absolute atomic E-state index is 0.209. The molecular formula is C25H35NOSi2. The maximum absolute atomic E-state index is 12.6. The highest BCUT2D eigenvalue weighted by molar-refractivity contribution is 6.84. The number of rotatable bonds is 4. The van der Waals surface area contributed by atoms with Gasteiger partial charge in [0, 0.05) is 12.1 Å². The molecule has 2 nitrogen and oxygen atoms in total. The summed E-state index contributed by atoms with van der Waals surface area (Å²) in [7, 11) is -2.90. The second-order valence-electron chi connectivity index (χ2n) is 9.96. The Morgan fingerprint density at radius 1 is 0.966 bits per heavy atom. The SMILES string of the molecule is CC(C)(C)[Si](C)(C)CCC#CC#CCN(C(=O)C#C[Si](C)(C)C)c1ccccc1. The molecule has 0 aliphatic heterocycles. The number of para-hydroxylation sites is 1. The second-order valence-corrected chi connectivity index (χ2v) is 20.5. The topological polar surface area (TPSA) is 20.3 Å². The lowest BCUT2D eigenvalue weighted by Crippen LogP contribution is -2.36. The van der Waals surface area contributed by atoms with Gasteiger partial charge in [0.25, 0.3) is 0 Å². The predicted octanol–water partition coefficient (Wildman–Crippen LogP) is 5.81. The van der Waals surface area contributed by atoms with Crippen molar-refractivity contribution in [2.75, 3.05) is 11.4 Å². The molecule has 1 aromatic carbocycles. The Morgan fingerprint density at radius 3 is 2.10 bits per heavy atom. The van der Waals surface area contributed by atoms with E-state index in [0.717, 1.165) is 12.1 Å². The standard InChI is InChI=1S/C25H35NOSi2/c1-25(2,3)29(7,8)21-16-11-9-10-15-20-26(23-17-13-12-14-18-23)24(27)19-22-28(4,5)6/h12-14,17-18H,16,20-21H2,1-8H3. The van der Waals surface area contributed by atoms with Crippen molar-refractivity contribution >= 4 is 27.7 Å². The fourth-order valence-corrected chi connectivity index (χ4v) is 4.20. The zero-order chi connectivity index (χ0) is 22.1. The van der Waals surface area contributed by atoms with Crippen LogP contribution in [0.25, 0.3) is 0 Å². The first kappa shape index (κ1) is 24.8. The number of hydrogen-bond acceptors (Lipinski definition) is 1. The molecule has 4 heteroatoms. The Morgan fingerprint density at radius 2 is 1.55 bits per heavy atom. The summed E-state index contributed by atoms with van der Waals surface area (Å²) in [4.78, 5) is 14.3. The number of carbonyl (C=O) groups excluding carboxylic acids is 1. The minimum Gasteiger partial charge on any atom is -0.290 e. The molecule has 0 aliphatic rings. The lowest BCUT2D eigenvalue weighted by Gasteiger charge is -2.36. The fraction of sp³-hybridized carbons (Fsp3) is 0.480. The van der Waals surface area contributed by atoms with Crippen molar-refractivity contribution < 1.29 is 4.79 Å². The first-order chi connectivity index (χ1) is 13.3. The predicted molar refractivity (Wildman–Crippen MR) is 132 cm³/mol. The molecule has 0 unspecified atom stereocenters. The van der Waals surface area contributed by atoms with Crippen LogP contribution in [-0.2, 0) is 4.79 Å². The molecule has 0 heterocycles. The van der Waals surface area contributed by atoms with E-state index in [-0.39, 0.29) is 5.91 Å². The van der Waals surface area contributed by atoms with Gasteiger partial charge in [-0.15, -0.1) is 5.54 Å². The van der Waals surface area contributed by atoms with Crippen molar-refractivity contribution in [1.82, 2.24) is 0 Å². The summed E-state index contributed by atoms with van der Waals surface area (Å²) in [6.45, 7) is 18.5. The smallest absolute Gasteiger partial charge is 0.290 e. The molecule has 0 saturated carbocycles. The van der Waals surface area contributed by atoms with E-state index >= 15 is 0 Å². The summed E-state index contributed by atoms with van der Waals surface area (Å²) >= 11 is 0. The first-order valence-corrected chi connectivity index (χ1v) is 16.9. The molecule has 154 valence electrons. The van der Waals surface area contributed by atoms with E-state index in [2.05, 4.69) is 88.7 Å². The van der Waals surface area contributed by atoms with Gasteiger partial charge >= 0.3 is 5.91 Å². The Balaban J connectivity index is 2.81. The van der Waals surface area contributed by atoms with Crippen molar-refractivity contribution in [3.63, 3.8) is 0 Å². The normalized spacial score (nSPS) is 11.2. The maximum Gasteiger partial charge on any atom is 0.303 e. The second kappa shape index (κ2) is 10.5. The van der Waals surface area contributed by atoms with E-state index in [9.17, 15) is 4.79 Å². The largest absolute Gasteiger partial charge is 0.303 e. The zero-order valence-electron chi connectivity index (χ0n) is 19.4. The van der Waals surface area contributed by atoms with Crippen molar-refractivity contribution in [3.8, 4) is 35.1 Å². The van der Waals surface area contributed by atoms with Crippen molar-refractivity contribution in [1.29, 1.82) is 0 Å². The van der Waals surface area contributed by atoms with E-state index in [1.165, 1.54) is 6.04 Å². The fourth-order valence-electron chi connectivity index (χ4n) is 2.22. The van der Waals surface area contributed by atoms with Gasteiger partial charge in [-0.2, -0.15) is 0 Å². The van der Waals surface area contributed by atoms with Gasteiger partial charge in [0.05, 0.1) is 14.6 Å². The molecular weight excluding hydrogens is 386 g/mol. The zero-order valence-corrected chi connectivity index (χ0v) is 21.4. The molecule has 0 fully saturated rings. The van der Waals surface area contributed by atoms with E-state index < -0.39 is 16.1 Å². The summed E-state index contributed by atoms with van der Waals surface area (Å²) in [5.41, 5.74) is 3.95. The average molecular weight is 422 g/mol. The molecule has 0 aromatic heterocycles. The Bertz CT molecular complexity index is 870. The third-order valence-corrected chi connectivity index (χ3v) is 11.7. The summed E-state index contributed by atoms with van der Waals surface area (Å²) < 4.78 is 0. The van der Waals surface area contributed by atoms with Gasteiger partial charge in [-0.3, -0.25) is 9.69 Å². The van der Waals surface area contributed by atoms with Gasteiger partial charge in [0.2, 0.25) is 0 Å². The maximum atomic E-state index is 12.6. The molecule has 0 aliphatic carbocycles. The highest BCUT2D eigenvalue weighted by Gasteiger charge is 2.33. The van der Waals surface area contributed by atoms with Crippen LogP contribution in [0, 0.1) is 35.1 Å². The lowest BCUT2D eigenvalue weighted by atomic mass is 10.2. The van der Waals surface area contributed by atoms with Gasteiger partial charge in [0.1, 0.15) is 8.07 Å². The van der Waals surface area contributed by atoms with Crippen molar-refractivity contribution in [2.24, 2.45) is 0 Å². The number of anilines is 1. The van der Waals surface area contributed by atoms with Gasteiger partial charge in [-0.05, 0) is 41.0 Å². The minimum atomic E-state index is -1.61. The van der Waals surface area contributed by atoms with Gasteiger partial charge in [-0.25, -0.2) is 0 Å². The van der Waals surface area contributed by atoms with Crippen LogP contribution in [0.15, 0.2) is 30.3 Å². The number of nitrogens with zero attached hydrogens (tertiary/aromatic N) is 1. The molecule has 1 aromatic rings. The van der Waals surface area contributed by atoms with E-state index in [4.69, 9.17) is 0 Å². The van der Waals surface area contributed by atoms with Crippen LogP contribution in [0.3, 0.4) is 0 Å². The summed E-state index contributed by atoms with van der Waals surface area (Å²) in [6, 6.07) is 10.7. The Kier molecular flexibility index (Phi) is 9.03. The monoisotopic (exact) mass is 421 g/mol. The van der Waals surface area contributed by atoms with Gasteiger partial charge in [-0.1, -0.05) is 83.5 Å². The van der Waals surface area contributed by atoms with E-state index in [0.29, 0.717) is 11.6 Å². The van der Waals surface area contributed by atoms with Crippen LogP contribution in [0.5, 0.6) is 0 Å². The van der Waals surface area contributed by atoms with Gasteiger partial charge < -0.3 is 0 Å². The van der Waals surface area contributed by atoms with E-state index in [1.807, 2.05) is 30.3 Å². The van der Waals surface area contributed by atoms with Crippen LogP contribution < -0.4 is 4.90 Å². The molecule has 0 atom stereocenters. The number of hydrogen-bond donors (Lipinski definition) is 0. The van der Waals surface area contributed by atoms with Gasteiger partial charge in [0.15, 0.2) is 0 Å². The quantitative estimate of drug-likeness (QED) is 0.444. The van der Waals surface area contributed by atoms with Crippen LogP contribution in [0.4, 0.5) is 5.69 Å². The Labute approximate surface area is 180 Å². The molecule has 0 bridgehead atoms. The molecule has 1 amide bonds. The summed E-state index contributed by atoms with van der Waals surface area (Å²) in [5.74, 6) is 14.7. The molecule has 29 heavy (non-hydrogen) atoms. The van der Waals surface area contributed by atoms with Crippen LogP contribution in [-0.4, -0.2) is 28.6 Å². The molecule has 0 radical (unpaired) electrons. The highest BCUT2D eigenvalue weighted by atomic mass is 28.3. The molecule has 0 spiro atoms. The number of carbonyl (C=O) groups is 1. The van der Waals surface area contributed by atoms with Crippen LogP contribution >= 0.6 is 0 Å². The molecule has 1 rings (SSSR count).